The lowest BCUT2D eigenvalue weighted by Gasteiger charge is -2.09. The summed E-state index contributed by atoms with van der Waals surface area (Å²) in [6.45, 7) is 4.48. The maximum atomic E-state index is 12.1. The van der Waals surface area contributed by atoms with Crippen LogP contribution in [-0.2, 0) is 0 Å². The Morgan fingerprint density at radius 1 is 1.00 bits per heavy atom. The van der Waals surface area contributed by atoms with E-state index >= 15 is 0 Å². The van der Waals surface area contributed by atoms with Crippen molar-refractivity contribution in [3.8, 4) is 11.5 Å². The topological polar surface area (TPSA) is 35.5 Å². The van der Waals surface area contributed by atoms with Crippen molar-refractivity contribution in [2.24, 2.45) is 0 Å². The highest BCUT2D eigenvalue weighted by molar-refractivity contribution is 5.98. The van der Waals surface area contributed by atoms with E-state index in [-0.39, 0.29) is 12.4 Å². The van der Waals surface area contributed by atoms with Crippen LogP contribution in [0, 0.1) is 6.92 Å². The normalized spacial score (nSPS) is 10.1. The Balaban J connectivity index is 2.00. The lowest BCUT2D eigenvalue weighted by Crippen LogP contribution is -2.12. The second-order valence-electron chi connectivity index (χ2n) is 4.43. The molecule has 0 atom stereocenters. The fourth-order valence-corrected chi connectivity index (χ4v) is 1.93. The van der Waals surface area contributed by atoms with Crippen LogP contribution in [0.4, 0.5) is 0 Å². The summed E-state index contributed by atoms with van der Waals surface area (Å²) in [5.74, 6) is 1.36. The van der Waals surface area contributed by atoms with Crippen LogP contribution in [0.15, 0.2) is 48.5 Å². The molecule has 0 saturated carbocycles. The Kier molecular flexibility index (Phi) is 4.77. The zero-order valence-corrected chi connectivity index (χ0v) is 11.8. The summed E-state index contributed by atoms with van der Waals surface area (Å²) in [6, 6.07) is 14.8. The molecule has 2 rings (SSSR count). The zero-order valence-electron chi connectivity index (χ0n) is 11.8. The third kappa shape index (κ3) is 3.60. The number of rotatable bonds is 6. The second-order valence-corrected chi connectivity index (χ2v) is 4.43. The third-order valence-corrected chi connectivity index (χ3v) is 2.93. The maximum absolute atomic E-state index is 12.1. The minimum atomic E-state index is -0.0232. The van der Waals surface area contributed by atoms with Gasteiger partial charge in [0.25, 0.3) is 0 Å². The SMILES string of the molecule is CCOc1cccc(OCC(=O)c2ccccc2C)c1. The first-order chi connectivity index (χ1) is 9.70. The van der Waals surface area contributed by atoms with Gasteiger partial charge in [-0.25, -0.2) is 0 Å². The molecule has 0 aliphatic carbocycles. The highest BCUT2D eigenvalue weighted by atomic mass is 16.5. The lowest BCUT2D eigenvalue weighted by atomic mass is 10.1. The van der Waals surface area contributed by atoms with Gasteiger partial charge in [-0.2, -0.15) is 0 Å². The molecule has 0 amide bonds. The van der Waals surface area contributed by atoms with E-state index < -0.39 is 0 Å². The van der Waals surface area contributed by atoms with Gasteiger partial charge in [0.15, 0.2) is 12.4 Å². The summed E-state index contributed by atoms with van der Waals surface area (Å²) in [6.07, 6.45) is 0. The van der Waals surface area contributed by atoms with Crippen LogP contribution < -0.4 is 9.47 Å². The second kappa shape index (κ2) is 6.75. The van der Waals surface area contributed by atoms with Crippen LogP contribution in [0.1, 0.15) is 22.8 Å². The van der Waals surface area contributed by atoms with Gasteiger partial charge in [0, 0.05) is 11.6 Å². The molecule has 3 nitrogen and oxygen atoms in total. The van der Waals surface area contributed by atoms with Crippen LogP contribution in [0.5, 0.6) is 11.5 Å². The van der Waals surface area contributed by atoms with Crippen LogP contribution in [0.3, 0.4) is 0 Å². The summed E-state index contributed by atoms with van der Waals surface area (Å²) < 4.78 is 10.9. The number of carbonyl (C=O) groups is 1. The molecule has 0 spiro atoms. The molecule has 0 aliphatic rings. The van der Waals surface area contributed by atoms with Crippen molar-refractivity contribution in [2.75, 3.05) is 13.2 Å². The molecule has 20 heavy (non-hydrogen) atoms. The molecule has 0 unspecified atom stereocenters. The summed E-state index contributed by atoms with van der Waals surface area (Å²) in [4.78, 5) is 12.1. The van der Waals surface area contributed by atoms with Crippen LogP contribution in [-0.4, -0.2) is 19.0 Å². The van der Waals surface area contributed by atoms with Gasteiger partial charge in [-0.3, -0.25) is 4.79 Å². The Labute approximate surface area is 119 Å². The highest BCUT2D eigenvalue weighted by Crippen LogP contribution is 2.19. The minimum Gasteiger partial charge on any atom is -0.494 e. The molecular formula is C17H18O3. The summed E-state index contributed by atoms with van der Waals surface area (Å²) in [5, 5.41) is 0. The van der Waals surface area contributed by atoms with E-state index in [1.807, 2.05) is 56.3 Å². The molecule has 104 valence electrons. The van der Waals surface area contributed by atoms with Crippen LogP contribution >= 0.6 is 0 Å². The van der Waals surface area contributed by atoms with Crippen molar-refractivity contribution in [3.63, 3.8) is 0 Å². The van der Waals surface area contributed by atoms with E-state index in [0.29, 0.717) is 17.9 Å². The summed E-state index contributed by atoms with van der Waals surface area (Å²) in [5.41, 5.74) is 1.66. The van der Waals surface area contributed by atoms with Gasteiger partial charge < -0.3 is 9.47 Å². The van der Waals surface area contributed by atoms with Gasteiger partial charge in [0.2, 0.25) is 0 Å². The fraction of sp³-hybridized carbons (Fsp3) is 0.235. The molecule has 0 radical (unpaired) electrons. The van der Waals surface area contributed by atoms with Gasteiger partial charge >= 0.3 is 0 Å². The standard InChI is InChI=1S/C17H18O3/c1-3-19-14-8-6-9-15(11-14)20-12-17(18)16-10-5-4-7-13(16)2/h4-11H,3,12H2,1-2H3. The first-order valence-corrected chi connectivity index (χ1v) is 6.65. The van der Waals surface area contributed by atoms with Gasteiger partial charge in [-0.05, 0) is 31.5 Å². The number of hydrogen-bond acceptors (Lipinski definition) is 3. The first kappa shape index (κ1) is 14.1. The smallest absolute Gasteiger partial charge is 0.200 e. The monoisotopic (exact) mass is 270 g/mol. The van der Waals surface area contributed by atoms with E-state index in [9.17, 15) is 4.79 Å². The predicted molar refractivity (Wildman–Crippen MR) is 78.6 cm³/mol. The molecule has 2 aromatic carbocycles. The van der Waals surface area contributed by atoms with Gasteiger partial charge in [0.1, 0.15) is 11.5 Å². The minimum absolute atomic E-state index is 0.0232. The van der Waals surface area contributed by atoms with Crippen molar-refractivity contribution in [2.45, 2.75) is 13.8 Å². The van der Waals surface area contributed by atoms with E-state index in [0.717, 1.165) is 11.3 Å². The van der Waals surface area contributed by atoms with Gasteiger partial charge in [0.05, 0.1) is 6.61 Å². The molecule has 0 aromatic heterocycles. The van der Waals surface area contributed by atoms with Crippen molar-refractivity contribution in [1.82, 2.24) is 0 Å². The van der Waals surface area contributed by atoms with E-state index in [2.05, 4.69) is 0 Å². The fourth-order valence-electron chi connectivity index (χ4n) is 1.93. The van der Waals surface area contributed by atoms with E-state index in [1.165, 1.54) is 0 Å². The number of ether oxygens (including phenoxy) is 2. The molecule has 0 aliphatic heterocycles. The number of aryl methyl sites for hydroxylation is 1. The van der Waals surface area contributed by atoms with E-state index in [1.54, 1.807) is 6.07 Å². The average molecular weight is 270 g/mol. The molecular weight excluding hydrogens is 252 g/mol. The molecule has 3 heteroatoms. The Bertz CT molecular complexity index is 590. The summed E-state index contributed by atoms with van der Waals surface area (Å²) >= 11 is 0. The van der Waals surface area contributed by atoms with E-state index in [4.69, 9.17) is 9.47 Å². The van der Waals surface area contributed by atoms with Crippen LogP contribution in [0.2, 0.25) is 0 Å². The van der Waals surface area contributed by atoms with Gasteiger partial charge in [-0.1, -0.05) is 30.3 Å². The Morgan fingerprint density at radius 2 is 1.70 bits per heavy atom. The van der Waals surface area contributed by atoms with Crippen molar-refractivity contribution < 1.29 is 14.3 Å². The average Bonchev–Trinajstić information content (AvgIpc) is 2.46. The number of Topliss-reactive ketones (excluding diaryl/α,β-unsaturated/α-hetero) is 1. The predicted octanol–water partition coefficient (Wildman–Crippen LogP) is 3.66. The molecule has 0 bridgehead atoms. The van der Waals surface area contributed by atoms with Crippen molar-refractivity contribution in [1.29, 1.82) is 0 Å². The highest BCUT2D eigenvalue weighted by Gasteiger charge is 2.09. The summed E-state index contributed by atoms with van der Waals surface area (Å²) in [7, 11) is 0. The number of carbonyl (C=O) groups excluding carboxylic acids is 1. The number of ketones is 1. The maximum Gasteiger partial charge on any atom is 0.200 e. The molecule has 0 saturated heterocycles. The Morgan fingerprint density at radius 3 is 2.40 bits per heavy atom. The molecule has 2 aromatic rings. The first-order valence-electron chi connectivity index (χ1n) is 6.65. The lowest BCUT2D eigenvalue weighted by molar-refractivity contribution is 0.0920. The van der Waals surface area contributed by atoms with Crippen molar-refractivity contribution in [3.05, 3.63) is 59.7 Å². The largest absolute Gasteiger partial charge is 0.494 e. The third-order valence-electron chi connectivity index (χ3n) is 2.93. The molecule has 0 heterocycles. The molecule has 0 N–H and O–H groups in total. The van der Waals surface area contributed by atoms with Crippen LogP contribution in [0.25, 0.3) is 0 Å². The quantitative estimate of drug-likeness (QED) is 0.751. The molecule has 0 fully saturated rings. The number of hydrogen-bond donors (Lipinski definition) is 0. The van der Waals surface area contributed by atoms with Crippen molar-refractivity contribution >= 4 is 5.78 Å². The zero-order chi connectivity index (χ0) is 14.4. The number of benzene rings is 2. The Hall–Kier alpha value is -2.29. The van der Waals surface area contributed by atoms with Gasteiger partial charge in [-0.15, -0.1) is 0 Å².